The van der Waals surface area contributed by atoms with Gasteiger partial charge in [0.1, 0.15) is 0 Å². The Morgan fingerprint density at radius 2 is 1.65 bits per heavy atom. The van der Waals surface area contributed by atoms with Crippen LogP contribution in [0.4, 0.5) is 0 Å². The smallest absolute Gasteiger partial charge is 0.333 e. The van der Waals surface area contributed by atoms with E-state index in [4.69, 9.17) is 9.84 Å². The van der Waals surface area contributed by atoms with Crippen LogP contribution in [0.2, 0.25) is 0 Å². The van der Waals surface area contributed by atoms with Crippen molar-refractivity contribution in [1.29, 1.82) is 0 Å². The van der Waals surface area contributed by atoms with Gasteiger partial charge in [-0.2, -0.15) is 0 Å². The number of aliphatic carboxylic acids is 1. The predicted molar refractivity (Wildman–Crippen MR) is 81.5 cm³/mol. The van der Waals surface area contributed by atoms with Gasteiger partial charge in [0.05, 0.1) is 6.61 Å². The first kappa shape index (κ1) is 20.7. The minimum absolute atomic E-state index is 0.176. The van der Waals surface area contributed by atoms with E-state index < -0.39 is 5.97 Å². The van der Waals surface area contributed by atoms with Gasteiger partial charge in [-0.05, 0) is 26.2 Å². The van der Waals surface area contributed by atoms with E-state index >= 15 is 0 Å². The highest BCUT2D eigenvalue weighted by molar-refractivity contribution is 5.86. The van der Waals surface area contributed by atoms with Crippen LogP contribution in [0.25, 0.3) is 0 Å². The van der Waals surface area contributed by atoms with E-state index in [2.05, 4.69) is 27.0 Å². The number of hydrogen-bond acceptors (Lipinski definition) is 3. The van der Waals surface area contributed by atoms with Gasteiger partial charge in [0.2, 0.25) is 0 Å². The maximum atomic E-state index is 11.1. The van der Waals surface area contributed by atoms with E-state index in [-0.39, 0.29) is 11.5 Å². The molecule has 0 fully saturated rings. The second-order valence-corrected chi connectivity index (χ2v) is 4.88. The number of carbonyl (C=O) groups is 2. The van der Waals surface area contributed by atoms with E-state index in [1.807, 2.05) is 0 Å². The monoisotopic (exact) mass is 284 g/mol. The molecule has 1 atom stereocenters. The highest BCUT2D eigenvalue weighted by atomic mass is 16.5. The van der Waals surface area contributed by atoms with Gasteiger partial charge < -0.3 is 9.84 Å². The number of carbonyl (C=O) groups excluding carboxylic acids is 1. The minimum Gasteiger partial charge on any atom is -0.478 e. The quantitative estimate of drug-likeness (QED) is 0.541. The van der Waals surface area contributed by atoms with Crippen molar-refractivity contribution in [2.24, 2.45) is 5.92 Å². The van der Waals surface area contributed by atoms with Gasteiger partial charge in [0.15, 0.2) is 0 Å². The van der Waals surface area contributed by atoms with Crippen molar-refractivity contribution in [3.05, 3.63) is 24.3 Å². The molecule has 0 heterocycles. The van der Waals surface area contributed by atoms with Gasteiger partial charge in [0, 0.05) is 11.1 Å². The van der Waals surface area contributed by atoms with E-state index in [1.54, 1.807) is 6.92 Å². The molecule has 4 nitrogen and oxygen atoms in total. The lowest BCUT2D eigenvalue weighted by Crippen LogP contribution is -2.14. The van der Waals surface area contributed by atoms with Gasteiger partial charge >= 0.3 is 11.9 Å². The molecule has 0 saturated heterocycles. The van der Waals surface area contributed by atoms with Crippen molar-refractivity contribution < 1.29 is 19.4 Å². The summed E-state index contributed by atoms with van der Waals surface area (Å²) in [4.78, 5) is 20.7. The fourth-order valence-electron chi connectivity index (χ4n) is 1.21. The third-order valence-electron chi connectivity index (χ3n) is 2.71. The second-order valence-electron chi connectivity index (χ2n) is 4.88. The number of ether oxygens (including phenoxy) is 1. The number of esters is 1. The molecule has 0 saturated carbocycles. The Bertz CT molecular complexity index is 319. The maximum absolute atomic E-state index is 11.1. The van der Waals surface area contributed by atoms with Crippen LogP contribution in [0.15, 0.2) is 24.3 Å². The van der Waals surface area contributed by atoms with Crippen LogP contribution >= 0.6 is 0 Å². The number of carboxylic acids is 1. The van der Waals surface area contributed by atoms with Crippen LogP contribution in [0.5, 0.6) is 0 Å². The summed E-state index contributed by atoms with van der Waals surface area (Å²) in [6.07, 6.45) is 4.63. The van der Waals surface area contributed by atoms with Gasteiger partial charge in [-0.25, -0.2) is 9.59 Å². The molecule has 0 aliphatic rings. The van der Waals surface area contributed by atoms with Gasteiger partial charge in [-0.1, -0.05) is 46.3 Å². The van der Waals surface area contributed by atoms with Crippen molar-refractivity contribution in [3.63, 3.8) is 0 Å². The van der Waals surface area contributed by atoms with Gasteiger partial charge in [-0.15, -0.1) is 0 Å². The van der Waals surface area contributed by atoms with Crippen LogP contribution in [-0.2, 0) is 14.3 Å². The van der Waals surface area contributed by atoms with Crippen LogP contribution in [0.3, 0.4) is 0 Å². The Hall–Kier alpha value is -1.58. The average Bonchev–Trinajstić information content (AvgIpc) is 2.39. The summed E-state index contributed by atoms with van der Waals surface area (Å²) < 4.78 is 5.12. The molecular formula is C16H28O4. The Kier molecular flexibility index (Phi) is 12.9. The number of unbranched alkanes of at least 4 members (excludes halogenated alkanes) is 1. The first-order valence-electron chi connectivity index (χ1n) is 6.97. The fraction of sp³-hybridized carbons (Fsp3) is 0.625. The van der Waals surface area contributed by atoms with Crippen molar-refractivity contribution in [3.8, 4) is 0 Å². The molecular weight excluding hydrogens is 256 g/mol. The lowest BCUT2D eigenvalue weighted by Gasteiger charge is -2.14. The predicted octanol–water partition coefficient (Wildman–Crippen LogP) is 3.97. The summed E-state index contributed by atoms with van der Waals surface area (Å²) >= 11 is 0. The summed E-state index contributed by atoms with van der Waals surface area (Å²) in [5.74, 6) is -0.687. The van der Waals surface area contributed by atoms with Crippen molar-refractivity contribution in [2.75, 3.05) is 6.61 Å². The van der Waals surface area contributed by atoms with E-state index in [1.165, 1.54) is 19.8 Å². The zero-order valence-electron chi connectivity index (χ0n) is 13.2. The standard InChI is InChI=1S/C12H22O2.C4H6O2/c1-5-7-8-11(6-2)9-14-12(13)10(3)4;1-3(2)4(5)6/h11H,3,5-9H2,1-2,4H3;1H2,2H3,(H,5,6). The Morgan fingerprint density at radius 3 is 1.95 bits per heavy atom. The van der Waals surface area contributed by atoms with Gasteiger partial charge in [0.25, 0.3) is 0 Å². The molecule has 0 spiro atoms. The second kappa shape index (κ2) is 12.5. The minimum atomic E-state index is -0.935. The molecule has 0 aromatic rings. The molecule has 0 aliphatic carbocycles. The molecule has 1 N–H and O–H groups in total. The first-order valence-corrected chi connectivity index (χ1v) is 6.97. The molecule has 4 heteroatoms. The van der Waals surface area contributed by atoms with E-state index in [0.717, 1.165) is 12.8 Å². The van der Waals surface area contributed by atoms with Crippen molar-refractivity contribution in [2.45, 2.75) is 53.4 Å². The Labute approximate surface area is 122 Å². The molecule has 0 bridgehead atoms. The lowest BCUT2D eigenvalue weighted by atomic mass is 10.0. The molecule has 0 aromatic carbocycles. The van der Waals surface area contributed by atoms with E-state index in [9.17, 15) is 9.59 Å². The normalized spacial score (nSPS) is 10.8. The molecule has 20 heavy (non-hydrogen) atoms. The number of rotatable bonds is 8. The number of carboxylic acid groups (broad SMARTS) is 1. The Balaban J connectivity index is 0. The third kappa shape index (κ3) is 12.9. The molecule has 0 radical (unpaired) electrons. The number of hydrogen-bond donors (Lipinski definition) is 1. The molecule has 0 rings (SSSR count). The highest BCUT2D eigenvalue weighted by Crippen LogP contribution is 2.13. The van der Waals surface area contributed by atoms with E-state index in [0.29, 0.717) is 18.1 Å². The molecule has 116 valence electrons. The summed E-state index contributed by atoms with van der Waals surface area (Å²) in [7, 11) is 0. The SMILES string of the molecule is C=C(C)C(=O)O.C=C(C)C(=O)OCC(CC)CCCC. The van der Waals surface area contributed by atoms with Gasteiger partial charge in [-0.3, -0.25) is 0 Å². The van der Waals surface area contributed by atoms with Crippen molar-refractivity contribution in [1.82, 2.24) is 0 Å². The van der Waals surface area contributed by atoms with Crippen LogP contribution in [0, 0.1) is 5.92 Å². The van der Waals surface area contributed by atoms with Crippen LogP contribution in [-0.4, -0.2) is 23.7 Å². The highest BCUT2D eigenvalue weighted by Gasteiger charge is 2.09. The summed E-state index contributed by atoms with van der Waals surface area (Å²) in [6, 6.07) is 0. The zero-order chi connectivity index (χ0) is 16.1. The fourth-order valence-corrected chi connectivity index (χ4v) is 1.21. The topological polar surface area (TPSA) is 63.6 Å². The Morgan fingerprint density at radius 1 is 1.15 bits per heavy atom. The third-order valence-corrected chi connectivity index (χ3v) is 2.71. The lowest BCUT2D eigenvalue weighted by molar-refractivity contribution is -0.140. The largest absolute Gasteiger partial charge is 0.478 e. The summed E-state index contributed by atoms with van der Waals surface area (Å²) in [5.41, 5.74) is 0.658. The molecule has 0 amide bonds. The summed E-state index contributed by atoms with van der Waals surface area (Å²) in [5, 5.41) is 7.89. The molecule has 0 aliphatic heterocycles. The zero-order valence-corrected chi connectivity index (χ0v) is 13.2. The maximum Gasteiger partial charge on any atom is 0.333 e. The summed E-state index contributed by atoms with van der Waals surface area (Å²) in [6.45, 7) is 14.7. The van der Waals surface area contributed by atoms with Crippen molar-refractivity contribution >= 4 is 11.9 Å². The molecule has 0 aromatic heterocycles. The average molecular weight is 284 g/mol. The van der Waals surface area contributed by atoms with Crippen LogP contribution < -0.4 is 0 Å². The molecule has 1 unspecified atom stereocenters. The first-order chi connectivity index (χ1) is 9.26. The van der Waals surface area contributed by atoms with Crippen LogP contribution in [0.1, 0.15) is 53.4 Å².